The smallest absolute Gasteiger partial charge is 0.262 e. The van der Waals surface area contributed by atoms with Crippen molar-refractivity contribution in [1.29, 1.82) is 0 Å². The summed E-state index contributed by atoms with van der Waals surface area (Å²) in [6.07, 6.45) is 0. The molecule has 0 aliphatic carbocycles. The van der Waals surface area contributed by atoms with Gasteiger partial charge in [-0.2, -0.15) is 0 Å². The summed E-state index contributed by atoms with van der Waals surface area (Å²) in [4.78, 5) is 16.8. The monoisotopic (exact) mass is 258 g/mol. The molecule has 94 valence electrons. The SMILES string of the molecule is Cc1ccc(S(=O)(=O)NOCC(N)=O)cc1C. The molecule has 1 amide bonds. The molecule has 0 spiro atoms. The average molecular weight is 258 g/mol. The molecule has 1 aromatic rings. The molecule has 0 saturated heterocycles. The van der Waals surface area contributed by atoms with Crippen molar-refractivity contribution in [3.05, 3.63) is 29.3 Å². The average Bonchev–Trinajstić information content (AvgIpc) is 2.21. The van der Waals surface area contributed by atoms with Crippen molar-refractivity contribution < 1.29 is 18.0 Å². The summed E-state index contributed by atoms with van der Waals surface area (Å²) < 4.78 is 23.4. The van der Waals surface area contributed by atoms with E-state index in [2.05, 4.69) is 4.84 Å². The fraction of sp³-hybridized carbons (Fsp3) is 0.300. The van der Waals surface area contributed by atoms with E-state index in [1.807, 2.05) is 11.8 Å². The maximum absolute atomic E-state index is 11.7. The molecule has 1 rings (SSSR count). The van der Waals surface area contributed by atoms with E-state index in [1.54, 1.807) is 13.0 Å². The molecule has 1 aromatic carbocycles. The molecule has 3 N–H and O–H groups in total. The summed E-state index contributed by atoms with van der Waals surface area (Å²) in [6.45, 7) is 3.17. The number of benzene rings is 1. The standard InChI is InChI=1S/C10H14N2O4S/c1-7-3-4-9(5-8(7)2)17(14,15)12-16-6-10(11)13/h3-5,12H,6H2,1-2H3,(H2,11,13). The molecule has 0 aliphatic rings. The normalized spacial score (nSPS) is 11.4. The molecule has 0 heterocycles. The predicted molar refractivity (Wildman–Crippen MR) is 61.4 cm³/mol. The molecule has 0 fully saturated rings. The number of sulfonamides is 1. The van der Waals surface area contributed by atoms with Gasteiger partial charge in [-0.05, 0) is 37.1 Å². The Morgan fingerprint density at radius 1 is 1.35 bits per heavy atom. The molecule has 0 bridgehead atoms. The van der Waals surface area contributed by atoms with Crippen LogP contribution >= 0.6 is 0 Å². The Kier molecular flexibility index (Phi) is 4.22. The van der Waals surface area contributed by atoms with Crippen molar-refractivity contribution in [3.8, 4) is 0 Å². The summed E-state index contributed by atoms with van der Waals surface area (Å²) >= 11 is 0. The van der Waals surface area contributed by atoms with Gasteiger partial charge in [0.05, 0.1) is 4.90 Å². The van der Waals surface area contributed by atoms with Crippen molar-refractivity contribution >= 4 is 15.9 Å². The van der Waals surface area contributed by atoms with E-state index in [-0.39, 0.29) is 4.90 Å². The van der Waals surface area contributed by atoms with Crippen LogP contribution in [0.4, 0.5) is 0 Å². The third-order valence-electron chi connectivity index (χ3n) is 2.17. The number of amides is 1. The first-order chi connectivity index (χ1) is 7.83. The van der Waals surface area contributed by atoms with Crippen molar-refractivity contribution in [2.45, 2.75) is 18.7 Å². The van der Waals surface area contributed by atoms with Crippen LogP contribution in [0.5, 0.6) is 0 Å². The van der Waals surface area contributed by atoms with Crippen molar-refractivity contribution in [3.63, 3.8) is 0 Å². The molecule has 0 unspecified atom stereocenters. The minimum Gasteiger partial charge on any atom is -0.368 e. The van der Waals surface area contributed by atoms with Crippen molar-refractivity contribution in [2.75, 3.05) is 6.61 Å². The van der Waals surface area contributed by atoms with Crippen LogP contribution in [0.25, 0.3) is 0 Å². The zero-order valence-electron chi connectivity index (χ0n) is 9.56. The quantitative estimate of drug-likeness (QED) is 0.726. The van der Waals surface area contributed by atoms with Crippen LogP contribution < -0.4 is 10.6 Å². The maximum atomic E-state index is 11.7. The Balaban J connectivity index is 2.82. The maximum Gasteiger partial charge on any atom is 0.262 e. The molecule has 0 radical (unpaired) electrons. The number of rotatable bonds is 5. The lowest BCUT2D eigenvalue weighted by Gasteiger charge is -2.07. The first kappa shape index (κ1) is 13.6. The minimum atomic E-state index is -3.78. The van der Waals surface area contributed by atoms with Crippen LogP contribution in [0.3, 0.4) is 0 Å². The van der Waals surface area contributed by atoms with Crippen molar-refractivity contribution in [2.24, 2.45) is 5.73 Å². The Morgan fingerprint density at radius 2 is 2.00 bits per heavy atom. The summed E-state index contributed by atoms with van der Waals surface area (Å²) in [5, 5.41) is 0. The molecule has 0 saturated carbocycles. The van der Waals surface area contributed by atoms with Crippen LogP contribution in [0.2, 0.25) is 0 Å². The van der Waals surface area contributed by atoms with E-state index in [9.17, 15) is 13.2 Å². The molecule has 0 aliphatic heterocycles. The summed E-state index contributed by atoms with van der Waals surface area (Å²) in [7, 11) is -3.78. The molecule has 6 nitrogen and oxygen atoms in total. The van der Waals surface area contributed by atoms with Gasteiger partial charge in [0.25, 0.3) is 10.0 Å². The van der Waals surface area contributed by atoms with E-state index in [1.165, 1.54) is 12.1 Å². The molecule has 17 heavy (non-hydrogen) atoms. The second-order valence-corrected chi connectivity index (χ2v) is 5.23. The van der Waals surface area contributed by atoms with Gasteiger partial charge in [-0.3, -0.25) is 9.63 Å². The number of nitrogens with two attached hydrogens (primary N) is 1. The number of primary amides is 1. The Labute approximate surface area is 99.8 Å². The van der Waals surface area contributed by atoms with Gasteiger partial charge >= 0.3 is 0 Å². The van der Waals surface area contributed by atoms with Crippen LogP contribution in [0, 0.1) is 13.8 Å². The van der Waals surface area contributed by atoms with Gasteiger partial charge in [-0.15, -0.1) is 0 Å². The molecular formula is C10H14N2O4S. The minimum absolute atomic E-state index is 0.0741. The van der Waals surface area contributed by atoms with Crippen molar-refractivity contribution in [1.82, 2.24) is 4.89 Å². The number of hydrogen-bond donors (Lipinski definition) is 2. The highest BCUT2D eigenvalue weighted by Gasteiger charge is 2.15. The zero-order chi connectivity index (χ0) is 13.1. The third-order valence-corrected chi connectivity index (χ3v) is 3.38. The molecule has 0 aromatic heterocycles. The van der Waals surface area contributed by atoms with E-state index >= 15 is 0 Å². The fourth-order valence-electron chi connectivity index (χ4n) is 1.11. The first-order valence-corrected chi connectivity index (χ1v) is 6.30. The molecule has 7 heteroatoms. The Morgan fingerprint density at radius 3 is 2.53 bits per heavy atom. The molecular weight excluding hydrogens is 244 g/mol. The summed E-state index contributed by atoms with van der Waals surface area (Å²) in [5.74, 6) is -0.757. The summed E-state index contributed by atoms with van der Waals surface area (Å²) in [6, 6.07) is 4.67. The Bertz CT molecular complexity index is 525. The Hall–Kier alpha value is -1.44. The first-order valence-electron chi connectivity index (χ1n) is 4.82. The largest absolute Gasteiger partial charge is 0.368 e. The summed E-state index contributed by atoms with van der Waals surface area (Å²) in [5.41, 5.74) is 6.64. The number of hydrogen-bond acceptors (Lipinski definition) is 4. The van der Waals surface area contributed by atoms with Gasteiger partial charge in [0.1, 0.15) is 6.61 Å². The van der Waals surface area contributed by atoms with Gasteiger partial charge in [0.2, 0.25) is 5.91 Å². The molecule has 0 atom stereocenters. The van der Waals surface area contributed by atoms with Crippen LogP contribution in [0.1, 0.15) is 11.1 Å². The van der Waals surface area contributed by atoms with Gasteiger partial charge < -0.3 is 5.73 Å². The second kappa shape index (κ2) is 5.26. The lowest BCUT2D eigenvalue weighted by Crippen LogP contribution is -2.29. The zero-order valence-corrected chi connectivity index (χ0v) is 10.4. The van der Waals surface area contributed by atoms with E-state index < -0.39 is 22.5 Å². The third kappa shape index (κ3) is 3.81. The fourth-order valence-corrected chi connectivity index (χ4v) is 2.00. The number of aryl methyl sites for hydroxylation is 2. The van der Waals surface area contributed by atoms with Crippen LogP contribution in [-0.4, -0.2) is 20.9 Å². The van der Waals surface area contributed by atoms with Crippen LogP contribution in [-0.2, 0) is 19.7 Å². The second-order valence-electron chi connectivity index (χ2n) is 3.59. The number of carbonyl (C=O) groups excluding carboxylic acids is 1. The van der Waals surface area contributed by atoms with Crippen LogP contribution in [0.15, 0.2) is 23.1 Å². The highest BCUT2D eigenvalue weighted by atomic mass is 32.2. The van der Waals surface area contributed by atoms with E-state index in [0.717, 1.165) is 11.1 Å². The van der Waals surface area contributed by atoms with Gasteiger partial charge in [0.15, 0.2) is 0 Å². The highest BCUT2D eigenvalue weighted by molar-refractivity contribution is 7.89. The predicted octanol–water partition coefficient (Wildman–Crippen LogP) is -0.00136. The van der Waals surface area contributed by atoms with Gasteiger partial charge in [-0.25, -0.2) is 8.42 Å². The lowest BCUT2D eigenvalue weighted by molar-refractivity contribution is -0.123. The number of nitrogens with one attached hydrogen (secondary N) is 1. The highest BCUT2D eigenvalue weighted by Crippen LogP contribution is 2.14. The van der Waals surface area contributed by atoms with E-state index in [4.69, 9.17) is 5.73 Å². The van der Waals surface area contributed by atoms with Gasteiger partial charge in [-0.1, -0.05) is 11.0 Å². The number of carbonyl (C=O) groups is 1. The lowest BCUT2D eigenvalue weighted by atomic mass is 10.1. The topological polar surface area (TPSA) is 98.5 Å². The van der Waals surface area contributed by atoms with E-state index in [0.29, 0.717) is 0 Å². The van der Waals surface area contributed by atoms with Gasteiger partial charge in [0, 0.05) is 0 Å².